The lowest BCUT2D eigenvalue weighted by Gasteiger charge is -2.17. The summed E-state index contributed by atoms with van der Waals surface area (Å²) in [6, 6.07) is 25.9. The molecule has 2 amide bonds. The Morgan fingerprint density at radius 2 is 1.67 bits per heavy atom. The van der Waals surface area contributed by atoms with Gasteiger partial charge in [0.15, 0.2) is 5.76 Å². The summed E-state index contributed by atoms with van der Waals surface area (Å²) in [5.74, 6) is 0.481. The van der Waals surface area contributed by atoms with Crippen molar-refractivity contribution in [3.63, 3.8) is 0 Å². The zero-order valence-corrected chi connectivity index (χ0v) is 17.9. The lowest BCUT2D eigenvalue weighted by molar-refractivity contribution is 0.0984. The first-order valence-electron chi connectivity index (χ1n) is 10.7. The number of anilines is 2. The van der Waals surface area contributed by atoms with Crippen molar-refractivity contribution in [2.75, 3.05) is 16.8 Å². The van der Waals surface area contributed by atoms with Crippen LogP contribution in [0.5, 0.6) is 5.75 Å². The monoisotopic (exact) mass is 438 g/mol. The zero-order valence-electron chi connectivity index (χ0n) is 17.9. The summed E-state index contributed by atoms with van der Waals surface area (Å²) < 4.78 is 11.1. The van der Waals surface area contributed by atoms with Crippen molar-refractivity contribution in [1.82, 2.24) is 0 Å². The minimum atomic E-state index is -0.376. The number of fused-ring (bicyclic) bond motifs is 1. The second-order valence-corrected chi connectivity index (χ2v) is 7.74. The molecule has 0 bridgehead atoms. The second kappa shape index (κ2) is 9.04. The molecule has 4 aromatic rings. The number of nitrogens with one attached hydrogen (secondary N) is 1. The Hall–Kier alpha value is -4.32. The van der Waals surface area contributed by atoms with Crippen LogP contribution < -0.4 is 15.0 Å². The number of benzene rings is 3. The van der Waals surface area contributed by atoms with Crippen LogP contribution in [0.1, 0.15) is 32.0 Å². The first kappa shape index (κ1) is 20.6. The Morgan fingerprint density at radius 3 is 2.48 bits per heavy atom. The Kier molecular flexibility index (Phi) is 5.64. The number of carbonyl (C=O) groups is 2. The van der Waals surface area contributed by atoms with Crippen molar-refractivity contribution in [3.05, 3.63) is 114 Å². The van der Waals surface area contributed by atoms with Gasteiger partial charge in [-0.05, 0) is 60.5 Å². The van der Waals surface area contributed by atoms with E-state index in [2.05, 4.69) is 11.4 Å². The van der Waals surface area contributed by atoms with Gasteiger partial charge in [0.25, 0.3) is 11.8 Å². The van der Waals surface area contributed by atoms with Crippen LogP contribution in [0.15, 0.2) is 95.6 Å². The maximum atomic E-state index is 13.0. The smallest absolute Gasteiger partial charge is 0.291 e. The molecule has 0 atom stereocenters. The van der Waals surface area contributed by atoms with E-state index in [-0.39, 0.29) is 24.2 Å². The Balaban J connectivity index is 1.24. The molecule has 3 aromatic carbocycles. The number of furan rings is 1. The summed E-state index contributed by atoms with van der Waals surface area (Å²) in [6.07, 6.45) is 2.32. The molecule has 0 saturated carbocycles. The first-order valence-corrected chi connectivity index (χ1v) is 10.7. The summed E-state index contributed by atoms with van der Waals surface area (Å²) in [4.78, 5) is 27.5. The van der Waals surface area contributed by atoms with Gasteiger partial charge in [-0.2, -0.15) is 0 Å². The Labute approximate surface area is 191 Å². The lowest BCUT2D eigenvalue weighted by Crippen LogP contribution is -2.28. The molecule has 1 aliphatic rings. The molecule has 164 valence electrons. The summed E-state index contributed by atoms with van der Waals surface area (Å²) in [6.45, 7) is 0.886. The van der Waals surface area contributed by atoms with Crippen LogP contribution in [-0.2, 0) is 13.0 Å². The largest absolute Gasteiger partial charge is 0.489 e. The summed E-state index contributed by atoms with van der Waals surface area (Å²) in [7, 11) is 0. The number of ether oxygens (including phenoxy) is 1. The standard InChI is InChI=1S/C27H22N2O4/c30-26(25-21(15-17-32-25)18-33-23-7-2-1-3-8-23)28-22-12-10-20(11-13-22)27(31)29-16-14-19-6-4-5-9-24(19)29/h1-13,15,17H,14,16,18H2,(H,28,30). The fourth-order valence-electron chi connectivity index (χ4n) is 3.92. The van der Waals surface area contributed by atoms with Gasteiger partial charge >= 0.3 is 0 Å². The number of carbonyl (C=O) groups excluding carboxylic acids is 2. The quantitative estimate of drug-likeness (QED) is 0.443. The van der Waals surface area contributed by atoms with Crippen LogP contribution >= 0.6 is 0 Å². The van der Waals surface area contributed by atoms with Gasteiger partial charge in [-0.3, -0.25) is 9.59 Å². The van der Waals surface area contributed by atoms with Gasteiger partial charge in [0.1, 0.15) is 12.4 Å². The molecule has 5 rings (SSSR count). The van der Waals surface area contributed by atoms with Crippen molar-refractivity contribution in [2.45, 2.75) is 13.0 Å². The van der Waals surface area contributed by atoms with Crippen LogP contribution in [0.2, 0.25) is 0 Å². The van der Waals surface area contributed by atoms with E-state index >= 15 is 0 Å². The molecule has 0 radical (unpaired) electrons. The third-order valence-electron chi connectivity index (χ3n) is 5.61. The average Bonchev–Trinajstić information content (AvgIpc) is 3.51. The average molecular weight is 438 g/mol. The first-order chi connectivity index (χ1) is 16.2. The highest BCUT2D eigenvalue weighted by Crippen LogP contribution is 2.29. The van der Waals surface area contributed by atoms with Crippen LogP contribution in [0.25, 0.3) is 0 Å². The number of para-hydroxylation sites is 2. The minimum absolute atomic E-state index is 0.0517. The zero-order chi connectivity index (χ0) is 22.6. The molecule has 1 N–H and O–H groups in total. The van der Waals surface area contributed by atoms with Gasteiger partial charge in [-0.25, -0.2) is 0 Å². The molecule has 2 heterocycles. The Morgan fingerprint density at radius 1 is 0.909 bits per heavy atom. The van der Waals surface area contributed by atoms with E-state index in [4.69, 9.17) is 9.15 Å². The van der Waals surface area contributed by atoms with Gasteiger partial charge in [0.05, 0.1) is 6.26 Å². The number of amides is 2. The number of nitrogens with zero attached hydrogens (tertiary/aromatic N) is 1. The molecule has 1 aliphatic heterocycles. The molecule has 0 aliphatic carbocycles. The molecule has 0 saturated heterocycles. The topological polar surface area (TPSA) is 71.8 Å². The van der Waals surface area contributed by atoms with Crippen molar-refractivity contribution >= 4 is 23.2 Å². The number of hydrogen-bond donors (Lipinski definition) is 1. The summed E-state index contributed by atoms with van der Waals surface area (Å²) in [5.41, 5.74) is 3.93. The van der Waals surface area contributed by atoms with Gasteiger partial charge in [0.2, 0.25) is 0 Å². The van der Waals surface area contributed by atoms with E-state index in [0.717, 1.165) is 12.1 Å². The fourth-order valence-corrected chi connectivity index (χ4v) is 3.92. The number of rotatable bonds is 6. The van der Waals surface area contributed by atoms with E-state index < -0.39 is 0 Å². The van der Waals surface area contributed by atoms with E-state index in [1.165, 1.54) is 11.8 Å². The van der Waals surface area contributed by atoms with Crippen LogP contribution in [0.3, 0.4) is 0 Å². The van der Waals surface area contributed by atoms with Crippen molar-refractivity contribution in [2.24, 2.45) is 0 Å². The highest BCUT2D eigenvalue weighted by atomic mass is 16.5. The summed E-state index contributed by atoms with van der Waals surface area (Å²) >= 11 is 0. The molecule has 0 fully saturated rings. The normalized spacial score (nSPS) is 12.3. The van der Waals surface area contributed by atoms with E-state index in [1.807, 2.05) is 48.5 Å². The van der Waals surface area contributed by atoms with E-state index in [1.54, 1.807) is 35.2 Å². The molecule has 1 aromatic heterocycles. The maximum absolute atomic E-state index is 13.0. The van der Waals surface area contributed by atoms with E-state index in [9.17, 15) is 9.59 Å². The van der Waals surface area contributed by atoms with Crippen molar-refractivity contribution < 1.29 is 18.7 Å². The van der Waals surface area contributed by atoms with Crippen LogP contribution in [0.4, 0.5) is 11.4 Å². The minimum Gasteiger partial charge on any atom is -0.489 e. The van der Waals surface area contributed by atoms with Gasteiger partial charge in [-0.15, -0.1) is 0 Å². The lowest BCUT2D eigenvalue weighted by atomic mass is 10.1. The molecule has 33 heavy (non-hydrogen) atoms. The third-order valence-corrected chi connectivity index (χ3v) is 5.61. The summed E-state index contributed by atoms with van der Waals surface area (Å²) in [5, 5.41) is 2.82. The molecule has 6 heteroatoms. The van der Waals surface area contributed by atoms with Gasteiger partial charge in [-0.1, -0.05) is 36.4 Å². The molecule has 0 unspecified atom stereocenters. The predicted molar refractivity (Wildman–Crippen MR) is 126 cm³/mol. The molecule has 0 spiro atoms. The molecular weight excluding hydrogens is 416 g/mol. The fraction of sp³-hybridized carbons (Fsp3) is 0.111. The SMILES string of the molecule is O=C(Nc1ccc(C(=O)N2CCc3ccccc32)cc1)c1occc1COc1ccccc1. The van der Waals surface area contributed by atoms with Crippen molar-refractivity contribution in [1.29, 1.82) is 0 Å². The van der Waals surface area contributed by atoms with Crippen molar-refractivity contribution in [3.8, 4) is 5.75 Å². The second-order valence-electron chi connectivity index (χ2n) is 7.74. The Bertz CT molecular complexity index is 1280. The predicted octanol–water partition coefficient (Wildman–Crippen LogP) is 5.31. The van der Waals surface area contributed by atoms with Gasteiger partial charge < -0.3 is 19.4 Å². The van der Waals surface area contributed by atoms with Crippen LogP contribution in [0, 0.1) is 0 Å². The van der Waals surface area contributed by atoms with E-state index in [0.29, 0.717) is 29.1 Å². The highest BCUT2D eigenvalue weighted by molar-refractivity contribution is 6.08. The number of hydrogen-bond acceptors (Lipinski definition) is 4. The van der Waals surface area contributed by atoms with Crippen LogP contribution in [-0.4, -0.2) is 18.4 Å². The van der Waals surface area contributed by atoms with Gasteiger partial charge in [0, 0.05) is 29.0 Å². The molecule has 6 nitrogen and oxygen atoms in total. The third kappa shape index (κ3) is 4.36. The molecular formula is C27H22N2O4. The maximum Gasteiger partial charge on any atom is 0.291 e. The highest BCUT2D eigenvalue weighted by Gasteiger charge is 2.25.